The number of rotatable bonds is 6. The largest absolute Gasteiger partial charge is 0.486 e. The molecule has 0 spiro atoms. The van der Waals surface area contributed by atoms with Crippen molar-refractivity contribution in [1.29, 1.82) is 0 Å². The fraction of sp³-hybridized carbons (Fsp3) is 0.409. The fourth-order valence-electron chi connectivity index (χ4n) is 3.76. The van der Waals surface area contributed by atoms with Gasteiger partial charge in [0, 0.05) is 0 Å². The maximum absolute atomic E-state index is 12.8. The summed E-state index contributed by atoms with van der Waals surface area (Å²) in [5.41, 5.74) is 4.06. The smallest absolute Gasteiger partial charge is 0.241 e. The van der Waals surface area contributed by atoms with Crippen LogP contribution in [0.5, 0.6) is 11.5 Å². The standard InChI is InChI=1S/C22H28N2O5S/c1-14-10-15(2)22(16(3)11-14)24(30(5,26)27)13-21(25)23-17(4)18-6-7-19-20(12-18)29-9-8-28-19/h6-7,10-12,17H,8-9,13H2,1-5H3,(H,23,25). The zero-order valence-corrected chi connectivity index (χ0v) is 18.8. The molecule has 0 aliphatic carbocycles. The minimum atomic E-state index is -3.65. The molecule has 1 heterocycles. The van der Waals surface area contributed by atoms with Gasteiger partial charge in [-0.05, 0) is 56.5 Å². The minimum Gasteiger partial charge on any atom is -0.486 e. The van der Waals surface area contributed by atoms with Crippen LogP contribution < -0.4 is 19.1 Å². The maximum Gasteiger partial charge on any atom is 0.241 e. The first-order chi connectivity index (χ1) is 14.1. The maximum atomic E-state index is 12.8. The highest BCUT2D eigenvalue weighted by molar-refractivity contribution is 7.92. The van der Waals surface area contributed by atoms with Crippen LogP contribution in [0.3, 0.4) is 0 Å². The van der Waals surface area contributed by atoms with Gasteiger partial charge in [0.15, 0.2) is 11.5 Å². The number of benzene rings is 2. The lowest BCUT2D eigenvalue weighted by Gasteiger charge is -2.27. The van der Waals surface area contributed by atoms with Gasteiger partial charge in [-0.3, -0.25) is 9.10 Å². The normalized spacial score (nSPS) is 14.2. The van der Waals surface area contributed by atoms with Crippen molar-refractivity contribution in [2.24, 2.45) is 0 Å². The Morgan fingerprint density at radius 3 is 2.27 bits per heavy atom. The molecule has 1 unspecified atom stereocenters. The van der Waals surface area contributed by atoms with E-state index in [0.717, 1.165) is 28.5 Å². The van der Waals surface area contributed by atoms with Gasteiger partial charge < -0.3 is 14.8 Å². The van der Waals surface area contributed by atoms with Gasteiger partial charge in [0.1, 0.15) is 19.8 Å². The van der Waals surface area contributed by atoms with Crippen molar-refractivity contribution < 1.29 is 22.7 Å². The average molecular weight is 433 g/mol. The number of aryl methyl sites for hydroxylation is 3. The van der Waals surface area contributed by atoms with Crippen LogP contribution in [0.1, 0.15) is 35.2 Å². The van der Waals surface area contributed by atoms with E-state index in [4.69, 9.17) is 9.47 Å². The van der Waals surface area contributed by atoms with E-state index >= 15 is 0 Å². The summed E-state index contributed by atoms with van der Waals surface area (Å²) in [5.74, 6) is 0.933. The summed E-state index contributed by atoms with van der Waals surface area (Å²) in [7, 11) is -3.65. The number of nitrogens with zero attached hydrogens (tertiary/aromatic N) is 1. The molecule has 8 heteroatoms. The van der Waals surface area contributed by atoms with E-state index in [1.807, 2.05) is 58.0 Å². The highest BCUT2D eigenvalue weighted by Gasteiger charge is 2.25. The molecule has 1 N–H and O–H groups in total. The fourth-order valence-corrected chi connectivity index (χ4v) is 4.73. The lowest BCUT2D eigenvalue weighted by molar-refractivity contribution is -0.120. The summed E-state index contributed by atoms with van der Waals surface area (Å²) < 4.78 is 37.3. The molecule has 7 nitrogen and oxygen atoms in total. The summed E-state index contributed by atoms with van der Waals surface area (Å²) in [6.45, 7) is 8.20. The Morgan fingerprint density at radius 2 is 1.67 bits per heavy atom. The lowest BCUT2D eigenvalue weighted by Crippen LogP contribution is -2.41. The molecular formula is C22H28N2O5S. The monoisotopic (exact) mass is 432 g/mol. The van der Waals surface area contributed by atoms with Gasteiger partial charge in [-0.15, -0.1) is 0 Å². The van der Waals surface area contributed by atoms with E-state index in [9.17, 15) is 13.2 Å². The van der Waals surface area contributed by atoms with Crippen LogP contribution in [0, 0.1) is 20.8 Å². The number of anilines is 1. The number of hydrogen-bond donors (Lipinski definition) is 1. The number of carbonyl (C=O) groups excluding carboxylic acids is 1. The van der Waals surface area contributed by atoms with Crippen LogP contribution in [0.2, 0.25) is 0 Å². The molecular weight excluding hydrogens is 404 g/mol. The molecule has 0 saturated heterocycles. The van der Waals surface area contributed by atoms with Gasteiger partial charge in [0.05, 0.1) is 18.0 Å². The second-order valence-corrected chi connectivity index (χ2v) is 9.62. The molecule has 1 atom stereocenters. The molecule has 3 rings (SSSR count). The third kappa shape index (κ3) is 4.87. The first kappa shape index (κ1) is 22.0. The van der Waals surface area contributed by atoms with E-state index in [-0.39, 0.29) is 18.5 Å². The van der Waals surface area contributed by atoms with Crippen molar-refractivity contribution in [2.75, 3.05) is 30.3 Å². The first-order valence-corrected chi connectivity index (χ1v) is 11.7. The van der Waals surface area contributed by atoms with Crippen LogP contribution in [0.25, 0.3) is 0 Å². The number of nitrogens with one attached hydrogen (secondary N) is 1. The van der Waals surface area contributed by atoms with Crippen molar-refractivity contribution in [2.45, 2.75) is 33.7 Å². The summed E-state index contributed by atoms with van der Waals surface area (Å²) in [6, 6.07) is 9.01. The second kappa shape index (κ2) is 8.55. The Balaban J connectivity index is 1.79. The lowest BCUT2D eigenvalue weighted by atomic mass is 10.0. The van der Waals surface area contributed by atoms with E-state index < -0.39 is 10.0 Å². The average Bonchev–Trinajstić information content (AvgIpc) is 2.65. The molecule has 1 amide bonds. The summed E-state index contributed by atoms with van der Waals surface area (Å²) >= 11 is 0. The van der Waals surface area contributed by atoms with Gasteiger partial charge in [-0.1, -0.05) is 23.8 Å². The minimum absolute atomic E-state index is 0.293. The predicted molar refractivity (Wildman–Crippen MR) is 117 cm³/mol. The number of hydrogen-bond acceptors (Lipinski definition) is 5. The van der Waals surface area contributed by atoms with Crippen LogP contribution in [-0.4, -0.2) is 40.3 Å². The van der Waals surface area contributed by atoms with E-state index in [1.165, 1.54) is 4.31 Å². The van der Waals surface area contributed by atoms with E-state index in [0.29, 0.717) is 30.4 Å². The molecule has 1 aliphatic heterocycles. The Morgan fingerprint density at radius 1 is 1.07 bits per heavy atom. The van der Waals surface area contributed by atoms with Crippen molar-refractivity contribution in [3.8, 4) is 11.5 Å². The highest BCUT2D eigenvalue weighted by Crippen LogP contribution is 2.33. The van der Waals surface area contributed by atoms with Gasteiger partial charge in [0.25, 0.3) is 0 Å². The Bertz CT molecular complexity index is 1040. The van der Waals surface area contributed by atoms with Crippen molar-refractivity contribution in [3.05, 3.63) is 52.6 Å². The van der Waals surface area contributed by atoms with Crippen LogP contribution in [0.4, 0.5) is 5.69 Å². The zero-order chi connectivity index (χ0) is 22.1. The number of amides is 1. The molecule has 2 aromatic carbocycles. The van der Waals surface area contributed by atoms with Crippen LogP contribution >= 0.6 is 0 Å². The third-order valence-electron chi connectivity index (χ3n) is 5.02. The van der Waals surface area contributed by atoms with Gasteiger partial charge in [-0.25, -0.2) is 8.42 Å². The quantitative estimate of drug-likeness (QED) is 0.758. The summed E-state index contributed by atoms with van der Waals surface area (Å²) in [6.07, 6.45) is 1.11. The number of sulfonamides is 1. The molecule has 0 fully saturated rings. The van der Waals surface area contributed by atoms with Gasteiger partial charge >= 0.3 is 0 Å². The molecule has 2 aromatic rings. The van der Waals surface area contributed by atoms with Crippen molar-refractivity contribution in [3.63, 3.8) is 0 Å². The van der Waals surface area contributed by atoms with Crippen LogP contribution in [-0.2, 0) is 14.8 Å². The van der Waals surface area contributed by atoms with Crippen LogP contribution in [0.15, 0.2) is 30.3 Å². The molecule has 30 heavy (non-hydrogen) atoms. The Kier molecular flexibility index (Phi) is 6.26. The topological polar surface area (TPSA) is 84.9 Å². The first-order valence-electron chi connectivity index (χ1n) is 9.80. The third-order valence-corrected chi connectivity index (χ3v) is 6.13. The molecule has 0 radical (unpaired) electrons. The summed E-state index contributed by atoms with van der Waals surface area (Å²) in [4.78, 5) is 12.8. The van der Waals surface area contributed by atoms with Gasteiger partial charge in [0.2, 0.25) is 15.9 Å². The van der Waals surface area contributed by atoms with E-state index in [2.05, 4.69) is 5.32 Å². The Labute approximate surface area is 178 Å². The molecule has 0 bridgehead atoms. The predicted octanol–water partition coefficient (Wildman–Crippen LogP) is 3.03. The molecule has 1 aliphatic rings. The highest BCUT2D eigenvalue weighted by atomic mass is 32.2. The second-order valence-electron chi connectivity index (χ2n) is 7.71. The molecule has 162 valence electrons. The molecule has 0 aromatic heterocycles. The van der Waals surface area contributed by atoms with Crippen molar-refractivity contribution >= 4 is 21.6 Å². The zero-order valence-electron chi connectivity index (χ0n) is 18.0. The number of carbonyl (C=O) groups is 1. The Hall–Kier alpha value is -2.74. The number of fused-ring (bicyclic) bond motifs is 1. The summed E-state index contributed by atoms with van der Waals surface area (Å²) in [5, 5.41) is 2.88. The van der Waals surface area contributed by atoms with Crippen molar-refractivity contribution in [1.82, 2.24) is 5.32 Å². The number of ether oxygens (including phenoxy) is 2. The van der Waals surface area contributed by atoms with Gasteiger partial charge in [-0.2, -0.15) is 0 Å². The SMILES string of the molecule is Cc1cc(C)c(N(CC(=O)NC(C)c2ccc3c(c2)OCCO3)S(C)(=O)=O)c(C)c1. The van der Waals surface area contributed by atoms with E-state index in [1.54, 1.807) is 0 Å². The molecule has 0 saturated carbocycles.